The summed E-state index contributed by atoms with van der Waals surface area (Å²) in [5.41, 5.74) is 0.933. The summed E-state index contributed by atoms with van der Waals surface area (Å²) >= 11 is 0. The highest BCUT2D eigenvalue weighted by Gasteiger charge is 2.23. The van der Waals surface area contributed by atoms with Gasteiger partial charge in [-0.15, -0.1) is 0 Å². The molecule has 1 amide bonds. The van der Waals surface area contributed by atoms with Gasteiger partial charge in [0.25, 0.3) is 5.91 Å². The maximum absolute atomic E-state index is 14.8. The van der Waals surface area contributed by atoms with Gasteiger partial charge in [0.15, 0.2) is 0 Å². The zero-order chi connectivity index (χ0) is 21.7. The molecule has 6 nitrogen and oxygen atoms in total. The predicted octanol–water partition coefficient (Wildman–Crippen LogP) is 4.79. The van der Waals surface area contributed by atoms with Crippen molar-refractivity contribution in [1.29, 1.82) is 0 Å². The largest absolute Gasteiger partial charge is 0.319 e. The van der Waals surface area contributed by atoms with Crippen molar-refractivity contribution in [3.05, 3.63) is 77.7 Å². The summed E-state index contributed by atoms with van der Waals surface area (Å²) in [6.07, 6.45) is 1.20. The zero-order valence-electron chi connectivity index (χ0n) is 16.1. The molecule has 0 atom stereocenters. The Labute approximate surface area is 173 Å². The Bertz CT molecular complexity index is 1470. The van der Waals surface area contributed by atoms with E-state index in [0.29, 0.717) is 16.6 Å². The zero-order valence-corrected chi connectivity index (χ0v) is 16.1. The van der Waals surface area contributed by atoms with Gasteiger partial charge in [0, 0.05) is 30.1 Å². The number of aromatic amines is 1. The second kappa shape index (κ2) is 6.98. The van der Waals surface area contributed by atoms with E-state index in [4.69, 9.17) is 0 Å². The molecule has 0 saturated carbocycles. The molecule has 3 aromatic carbocycles. The van der Waals surface area contributed by atoms with Gasteiger partial charge < -0.3 is 5.32 Å². The standard InChI is InChI=1S/C22H14F3N5O/c1-30-18-9-15(24)19(20(25)13(18)10-26-30)22(31)27-17-7-12-16(8-14(17)23)28-29-21(12)11-5-3-2-4-6-11/h2-10H,1H3,(H,27,31)(H,28,29). The van der Waals surface area contributed by atoms with E-state index in [1.807, 2.05) is 30.3 Å². The van der Waals surface area contributed by atoms with Gasteiger partial charge in [-0.25, -0.2) is 13.2 Å². The first-order valence-electron chi connectivity index (χ1n) is 9.28. The number of H-pyrrole nitrogens is 1. The van der Waals surface area contributed by atoms with Crippen LogP contribution in [-0.4, -0.2) is 25.9 Å². The summed E-state index contributed by atoms with van der Waals surface area (Å²) in [4.78, 5) is 12.7. The van der Waals surface area contributed by atoms with Gasteiger partial charge in [-0.2, -0.15) is 10.2 Å². The Morgan fingerprint density at radius 1 is 1.03 bits per heavy atom. The first-order chi connectivity index (χ1) is 14.9. The second-order valence-electron chi connectivity index (χ2n) is 7.02. The van der Waals surface area contributed by atoms with E-state index in [9.17, 15) is 18.0 Å². The monoisotopic (exact) mass is 421 g/mol. The van der Waals surface area contributed by atoms with Gasteiger partial charge >= 0.3 is 0 Å². The van der Waals surface area contributed by atoms with Crippen molar-refractivity contribution >= 4 is 33.4 Å². The SMILES string of the molecule is Cn1ncc2c(F)c(C(=O)Nc3cc4c(-c5ccccc5)n[nH]c4cc3F)c(F)cc21. The number of anilines is 1. The Kier molecular flexibility index (Phi) is 4.25. The smallest absolute Gasteiger partial charge is 0.261 e. The number of rotatable bonds is 3. The summed E-state index contributed by atoms with van der Waals surface area (Å²) in [5, 5.41) is 13.7. The van der Waals surface area contributed by atoms with Crippen LogP contribution in [0.2, 0.25) is 0 Å². The topological polar surface area (TPSA) is 75.6 Å². The third-order valence-electron chi connectivity index (χ3n) is 5.12. The fourth-order valence-corrected chi connectivity index (χ4v) is 3.56. The number of carbonyl (C=O) groups excluding carboxylic acids is 1. The summed E-state index contributed by atoms with van der Waals surface area (Å²) < 4.78 is 45.2. The van der Waals surface area contributed by atoms with Crippen molar-refractivity contribution in [2.45, 2.75) is 0 Å². The Morgan fingerprint density at radius 3 is 2.58 bits per heavy atom. The molecule has 2 aromatic heterocycles. The van der Waals surface area contributed by atoms with Crippen LogP contribution in [0.5, 0.6) is 0 Å². The maximum atomic E-state index is 14.8. The number of aromatic nitrogens is 4. The number of hydrogen-bond donors (Lipinski definition) is 2. The van der Waals surface area contributed by atoms with Gasteiger partial charge in [0.1, 0.15) is 23.0 Å². The molecule has 5 aromatic rings. The minimum atomic E-state index is -1.11. The van der Waals surface area contributed by atoms with Gasteiger partial charge in [-0.05, 0) is 6.07 Å². The van der Waals surface area contributed by atoms with E-state index in [0.717, 1.165) is 11.6 Å². The summed E-state index contributed by atoms with van der Waals surface area (Å²) in [6.45, 7) is 0. The molecule has 31 heavy (non-hydrogen) atoms. The van der Waals surface area contributed by atoms with Gasteiger partial charge in [-0.3, -0.25) is 14.6 Å². The van der Waals surface area contributed by atoms with Crippen molar-refractivity contribution in [2.75, 3.05) is 5.32 Å². The summed E-state index contributed by atoms with van der Waals surface area (Å²) in [7, 11) is 1.53. The fourth-order valence-electron chi connectivity index (χ4n) is 3.56. The number of carbonyl (C=O) groups is 1. The number of benzene rings is 3. The lowest BCUT2D eigenvalue weighted by molar-refractivity contribution is 0.101. The highest BCUT2D eigenvalue weighted by atomic mass is 19.1. The lowest BCUT2D eigenvalue weighted by Crippen LogP contribution is -2.17. The molecule has 0 aliphatic heterocycles. The molecule has 0 unspecified atom stereocenters. The molecule has 0 saturated heterocycles. The molecule has 0 radical (unpaired) electrons. The highest BCUT2D eigenvalue weighted by Crippen LogP contribution is 2.31. The fraction of sp³-hybridized carbons (Fsp3) is 0.0455. The number of halogens is 3. The number of hydrogen-bond acceptors (Lipinski definition) is 3. The van der Waals surface area contributed by atoms with Crippen LogP contribution in [0, 0.1) is 17.5 Å². The van der Waals surface area contributed by atoms with Crippen LogP contribution in [0.15, 0.2) is 54.7 Å². The number of nitrogens with one attached hydrogen (secondary N) is 2. The molecule has 2 heterocycles. The van der Waals surface area contributed by atoms with Crippen molar-refractivity contribution in [3.8, 4) is 11.3 Å². The average Bonchev–Trinajstić information content (AvgIpc) is 3.32. The first-order valence-corrected chi connectivity index (χ1v) is 9.28. The molecule has 0 aliphatic carbocycles. The first kappa shape index (κ1) is 18.9. The Morgan fingerprint density at radius 2 is 1.81 bits per heavy atom. The Hall–Kier alpha value is -4.14. The van der Waals surface area contributed by atoms with Crippen LogP contribution in [0.3, 0.4) is 0 Å². The van der Waals surface area contributed by atoms with E-state index in [1.54, 1.807) is 0 Å². The molecule has 2 N–H and O–H groups in total. The molecule has 0 spiro atoms. The van der Waals surface area contributed by atoms with E-state index in [-0.39, 0.29) is 16.6 Å². The molecular formula is C22H14F3N5O. The van der Waals surface area contributed by atoms with Crippen LogP contribution in [0.1, 0.15) is 10.4 Å². The number of fused-ring (bicyclic) bond motifs is 2. The van der Waals surface area contributed by atoms with Crippen LogP contribution < -0.4 is 5.32 Å². The van der Waals surface area contributed by atoms with Gasteiger partial charge in [0.2, 0.25) is 0 Å². The van der Waals surface area contributed by atoms with Crippen LogP contribution in [-0.2, 0) is 7.05 Å². The molecular weight excluding hydrogens is 407 g/mol. The predicted molar refractivity (Wildman–Crippen MR) is 110 cm³/mol. The lowest BCUT2D eigenvalue weighted by atomic mass is 10.1. The highest BCUT2D eigenvalue weighted by molar-refractivity contribution is 6.08. The average molecular weight is 421 g/mol. The number of nitrogens with zero attached hydrogens (tertiary/aromatic N) is 3. The van der Waals surface area contributed by atoms with Crippen molar-refractivity contribution < 1.29 is 18.0 Å². The number of aryl methyl sites for hydroxylation is 1. The third kappa shape index (κ3) is 3.02. The van der Waals surface area contributed by atoms with Gasteiger partial charge in [-0.1, -0.05) is 30.3 Å². The van der Waals surface area contributed by atoms with Crippen molar-refractivity contribution in [3.63, 3.8) is 0 Å². The molecule has 9 heteroatoms. The van der Waals surface area contributed by atoms with E-state index in [2.05, 4.69) is 20.6 Å². The molecule has 154 valence electrons. The summed E-state index contributed by atoms with van der Waals surface area (Å²) in [5.74, 6) is -4.01. The van der Waals surface area contributed by atoms with Crippen molar-refractivity contribution in [1.82, 2.24) is 20.0 Å². The minimum Gasteiger partial charge on any atom is -0.319 e. The maximum Gasteiger partial charge on any atom is 0.261 e. The Balaban J connectivity index is 1.57. The lowest BCUT2D eigenvalue weighted by Gasteiger charge is -2.10. The quantitative estimate of drug-likeness (QED) is 0.440. The minimum absolute atomic E-state index is 0.00817. The van der Waals surface area contributed by atoms with E-state index < -0.39 is 28.9 Å². The molecule has 0 aliphatic rings. The molecule has 0 bridgehead atoms. The normalized spacial score (nSPS) is 11.4. The number of amides is 1. The van der Waals surface area contributed by atoms with E-state index in [1.165, 1.54) is 30.1 Å². The van der Waals surface area contributed by atoms with Crippen LogP contribution in [0.25, 0.3) is 33.1 Å². The third-order valence-corrected chi connectivity index (χ3v) is 5.12. The van der Waals surface area contributed by atoms with Gasteiger partial charge in [0.05, 0.1) is 34.0 Å². The summed E-state index contributed by atoms with van der Waals surface area (Å²) in [6, 6.07) is 12.8. The van der Waals surface area contributed by atoms with Crippen LogP contribution in [0.4, 0.5) is 18.9 Å². The van der Waals surface area contributed by atoms with Crippen molar-refractivity contribution in [2.24, 2.45) is 7.05 Å². The van der Waals surface area contributed by atoms with E-state index >= 15 is 0 Å². The molecule has 0 fully saturated rings. The second-order valence-corrected chi connectivity index (χ2v) is 7.02. The molecule has 5 rings (SSSR count). The van der Waals surface area contributed by atoms with Crippen LogP contribution >= 0.6 is 0 Å².